The number of furan rings is 1. The molecule has 23 heavy (non-hydrogen) atoms. The average Bonchev–Trinajstić information content (AvgIpc) is 2.97. The Bertz CT molecular complexity index is 767. The second kappa shape index (κ2) is 7.65. The maximum absolute atomic E-state index is 11.8. The van der Waals surface area contributed by atoms with Crippen molar-refractivity contribution in [1.29, 1.82) is 0 Å². The van der Waals surface area contributed by atoms with E-state index in [1.54, 1.807) is 50.5 Å². The molecule has 0 spiro atoms. The predicted molar refractivity (Wildman–Crippen MR) is 90.1 cm³/mol. The van der Waals surface area contributed by atoms with Gasteiger partial charge in [-0.25, -0.2) is 0 Å². The van der Waals surface area contributed by atoms with Crippen molar-refractivity contribution in [3.05, 3.63) is 58.0 Å². The van der Waals surface area contributed by atoms with E-state index in [0.29, 0.717) is 10.2 Å². The van der Waals surface area contributed by atoms with Gasteiger partial charge in [0.05, 0.1) is 6.54 Å². The molecular weight excluding hydrogens is 360 g/mol. The summed E-state index contributed by atoms with van der Waals surface area (Å²) in [5, 5.41) is 2.64. The van der Waals surface area contributed by atoms with Gasteiger partial charge in [0.2, 0.25) is 0 Å². The lowest BCUT2D eigenvalue weighted by Crippen LogP contribution is -2.23. The summed E-state index contributed by atoms with van der Waals surface area (Å²) >= 11 is 3.14. The van der Waals surface area contributed by atoms with Gasteiger partial charge in [0, 0.05) is 25.2 Å². The molecule has 1 N–H and O–H groups in total. The first-order chi connectivity index (χ1) is 11.0. The molecule has 0 saturated carbocycles. The SMILES string of the molecule is CN(C)C(=O)c1ccc(C#CCNC(=O)c2ccc(Br)o2)cc1. The molecule has 0 bridgehead atoms. The number of hydrogen-bond donors (Lipinski definition) is 1. The average molecular weight is 375 g/mol. The van der Waals surface area contributed by atoms with E-state index >= 15 is 0 Å². The van der Waals surface area contributed by atoms with E-state index in [9.17, 15) is 9.59 Å². The minimum absolute atomic E-state index is 0.0543. The first-order valence-corrected chi connectivity index (χ1v) is 7.61. The Labute approximate surface area is 142 Å². The third-order valence-electron chi connectivity index (χ3n) is 2.91. The zero-order valence-corrected chi connectivity index (χ0v) is 14.3. The summed E-state index contributed by atoms with van der Waals surface area (Å²) < 4.78 is 5.64. The second-order valence-corrected chi connectivity index (χ2v) is 5.65. The number of nitrogens with one attached hydrogen (secondary N) is 1. The van der Waals surface area contributed by atoms with Crippen molar-refractivity contribution in [2.75, 3.05) is 20.6 Å². The van der Waals surface area contributed by atoms with E-state index in [1.807, 2.05) is 0 Å². The summed E-state index contributed by atoms with van der Waals surface area (Å²) in [6.07, 6.45) is 0. The van der Waals surface area contributed by atoms with E-state index < -0.39 is 0 Å². The molecule has 0 aliphatic heterocycles. The molecule has 0 aliphatic carbocycles. The van der Waals surface area contributed by atoms with Crippen molar-refractivity contribution >= 4 is 27.7 Å². The molecule has 2 aromatic rings. The van der Waals surface area contributed by atoms with Crippen molar-refractivity contribution in [1.82, 2.24) is 10.2 Å². The molecular formula is C17H15BrN2O3. The number of amides is 2. The van der Waals surface area contributed by atoms with Crippen molar-refractivity contribution in [3.8, 4) is 11.8 Å². The Kier molecular flexibility index (Phi) is 5.61. The molecule has 1 heterocycles. The monoisotopic (exact) mass is 374 g/mol. The number of carbonyl (C=O) groups excluding carboxylic acids is 2. The Morgan fingerprint density at radius 2 is 1.87 bits per heavy atom. The van der Waals surface area contributed by atoms with E-state index in [2.05, 4.69) is 33.1 Å². The lowest BCUT2D eigenvalue weighted by molar-refractivity contribution is 0.0827. The number of rotatable bonds is 3. The third kappa shape index (κ3) is 4.73. The van der Waals surface area contributed by atoms with Gasteiger partial charge in [-0.3, -0.25) is 9.59 Å². The van der Waals surface area contributed by atoms with Crippen LogP contribution in [-0.2, 0) is 0 Å². The third-order valence-corrected chi connectivity index (χ3v) is 3.33. The highest BCUT2D eigenvalue weighted by atomic mass is 79.9. The van der Waals surface area contributed by atoms with Gasteiger partial charge in [0.25, 0.3) is 11.8 Å². The quantitative estimate of drug-likeness (QED) is 0.839. The van der Waals surface area contributed by atoms with Crippen LogP contribution >= 0.6 is 15.9 Å². The molecule has 0 atom stereocenters. The molecule has 0 unspecified atom stereocenters. The van der Waals surface area contributed by atoms with Crippen LogP contribution in [-0.4, -0.2) is 37.4 Å². The van der Waals surface area contributed by atoms with Crippen molar-refractivity contribution in [2.24, 2.45) is 0 Å². The van der Waals surface area contributed by atoms with Crippen molar-refractivity contribution in [2.45, 2.75) is 0 Å². The summed E-state index contributed by atoms with van der Waals surface area (Å²) in [6.45, 7) is 0.204. The van der Waals surface area contributed by atoms with E-state index in [-0.39, 0.29) is 24.1 Å². The van der Waals surface area contributed by atoms with Crippen LogP contribution in [0.2, 0.25) is 0 Å². The molecule has 1 aromatic heterocycles. The van der Waals surface area contributed by atoms with Gasteiger partial charge in [-0.1, -0.05) is 11.8 Å². The molecule has 2 amide bonds. The fourth-order valence-electron chi connectivity index (χ4n) is 1.75. The van der Waals surface area contributed by atoms with Crippen LogP contribution in [0.15, 0.2) is 45.5 Å². The van der Waals surface area contributed by atoms with E-state index in [1.165, 1.54) is 4.90 Å². The fraction of sp³-hybridized carbons (Fsp3) is 0.176. The zero-order chi connectivity index (χ0) is 16.8. The Morgan fingerprint density at radius 3 is 2.43 bits per heavy atom. The highest BCUT2D eigenvalue weighted by molar-refractivity contribution is 9.10. The Hall–Kier alpha value is -2.52. The van der Waals surface area contributed by atoms with Crippen LogP contribution in [0.4, 0.5) is 0 Å². The normalized spacial score (nSPS) is 9.70. The molecule has 0 aliphatic rings. The zero-order valence-electron chi connectivity index (χ0n) is 12.7. The van der Waals surface area contributed by atoms with Crippen LogP contribution in [0.25, 0.3) is 0 Å². The number of nitrogens with zero attached hydrogens (tertiary/aromatic N) is 1. The molecule has 1 aromatic carbocycles. The standard InChI is InChI=1S/C17H15BrN2O3/c1-20(2)17(22)13-7-5-12(6-8-13)4-3-11-19-16(21)14-9-10-15(18)23-14/h5-10H,11H2,1-2H3,(H,19,21). The number of halogens is 1. The van der Waals surface area contributed by atoms with Gasteiger partial charge in [-0.2, -0.15) is 0 Å². The summed E-state index contributed by atoms with van der Waals surface area (Å²) in [5.41, 5.74) is 1.38. The largest absolute Gasteiger partial charge is 0.444 e. The lowest BCUT2D eigenvalue weighted by Gasteiger charge is -2.09. The summed E-state index contributed by atoms with van der Waals surface area (Å²) in [6, 6.07) is 10.2. The van der Waals surface area contributed by atoms with Crippen molar-refractivity contribution in [3.63, 3.8) is 0 Å². The van der Waals surface area contributed by atoms with Crippen LogP contribution in [0.3, 0.4) is 0 Å². The fourth-order valence-corrected chi connectivity index (χ4v) is 2.06. The highest BCUT2D eigenvalue weighted by Gasteiger charge is 2.08. The molecule has 6 heteroatoms. The van der Waals surface area contributed by atoms with Crippen LogP contribution in [0, 0.1) is 11.8 Å². The molecule has 5 nitrogen and oxygen atoms in total. The second-order valence-electron chi connectivity index (χ2n) is 4.87. The highest BCUT2D eigenvalue weighted by Crippen LogP contribution is 2.13. The van der Waals surface area contributed by atoms with Gasteiger partial charge >= 0.3 is 0 Å². The minimum Gasteiger partial charge on any atom is -0.444 e. The van der Waals surface area contributed by atoms with Crippen molar-refractivity contribution < 1.29 is 14.0 Å². The smallest absolute Gasteiger partial charge is 0.287 e. The number of carbonyl (C=O) groups is 2. The summed E-state index contributed by atoms with van der Waals surface area (Å²) in [7, 11) is 3.41. The molecule has 2 rings (SSSR count). The van der Waals surface area contributed by atoms with Gasteiger partial charge in [0.15, 0.2) is 10.4 Å². The van der Waals surface area contributed by atoms with Gasteiger partial charge in [-0.05, 0) is 52.3 Å². The Morgan fingerprint density at radius 1 is 1.17 bits per heavy atom. The summed E-state index contributed by atoms with van der Waals surface area (Å²) in [4.78, 5) is 25.0. The van der Waals surface area contributed by atoms with Gasteiger partial charge in [-0.15, -0.1) is 0 Å². The predicted octanol–water partition coefficient (Wildman–Crippen LogP) is 2.53. The van der Waals surface area contributed by atoms with Crippen LogP contribution in [0.5, 0.6) is 0 Å². The molecule has 118 valence electrons. The van der Waals surface area contributed by atoms with E-state index in [4.69, 9.17) is 4.42 Å². The first kappa shape index (κ1) is 16.8. The lowest BCUT2D eigenvalue weighted by atomic mass is 10.1. The minimum atomic E-state index is -0.322. The van der Waals surface area contributed by atoms with Gasteiger partial charge < -0.3 is 14.6 Å². The van der Waals surface area contributed by atoms with Gasteiger partial charge in [0.1, 0.15) is 0 Å². The molecule has 0 saturated heterocycles. The van der Waals surface area contributed by atoms with Crippen LogP contribution < -0.4 is 5.32 Å². The Balaban J connectivity index is 1.90. The van der Waals surface area contributed by atoms with Crippen LogP contribution in [0.1, 0.15) is 26.5 Å². The topological polar surface area (TPSA) is 62.6 Å². The first-order valence-electron chi connectivity index (χ1n) is 6.81. The number of benzene rings is 1. The summed E-state index contributed by atoms with van der Waals surface area (Å²) in [5.74, 6) is 5.62. The molecule has 0 fully saturated rings. The maximum Gasteiger partial charge on any atom is 0.287 e. The van der Waals surface area contributed by atoms with E-state index in [0.717, 1.165) is 5.56 Å². The number of hydrogen-bond acceptors (Lipinski definition) is 3. The molecule has 0 radical (unpaired) electrons. The maximum atomic E-state index is 11.8.